The molecule has 4 N–H and O–H groups in total. The van der Waals surface area contributed by atoms with E-state index in [4.69, 9.17) is 14.9 Å². The number of carbonyl (C=O) groups is 1. The molecule has 0 bridgehead atoms. The zero-order chi connectivity index (χ0) is 17.4. The molecule has 0 saturated carbocycles. The Bertz CT molecular complexity index is 611. The van der Waals surface area contributed by atoms with Gasteiger partial charge in [-0.2, -0.15) is 0 Å². The number of ether oxygens (including phenoxy) is 1. The van der Waals surface area contributed by atoms with Crippen LogP contribution in [-0.2, 0) is 9.22 Å². The van der Waals surface area contributed by atoms with E-state index in [9.17, 15) is 9.90 Å². The minimum absolute atomic E-state index is 0.0341. The highest BCUT2D eigenvalue weighted by Crippen LogP contribution is 2.44. The van der Waals surface area contributed by atoms with Crippen LogP contribution in [-0.4, -0.2) is 32.5 Å². The maximum absolute atomic E-state index is 11.5. The molecule has 1 amide bonds. The number of hydrogen-bond donors (Lipinski definition) is 3. The summed E-state index contributed by atoms with van der Waals surface area (Å²) in [5.74, 6) is 0.321. The Morgan fingerprint density at radius 2 is 2.09 bits per heavy atom. The minimum Gasteiger partial charge on any atom is -0.508 e. The van der Waals surface area contributed by atoms with Crippen molar-refractivity contribution in [3.63, 3.8) is 0 Å². The first-order valence-electron chi connectivity index (χ1n) is 7.72. The van der Waals surface area contributed by atoms with Crippen LogP contribution in [0.4, 0.5) is 5.69 Å². The van der Waals surface area contributed by atoms with Gasteiger partial charge in [-0.1, -0.05) is 20.8 Å². The van der Waals surface area contributed by atoms with Crippen molar-refractivity contribution in [1.82, 2.24) is 0 Å². The molecular weight excluding hydrogens is 312 g/mol. The lowest BCUT2D eigenvalue weighted by Crippen LogP contribution is -2.43. The van der Waals surface area contributed by atoms with E-state index in [2.05, 4.69) is 39.2 Å². The number of aromatic hydroxyl groups is 1. The smallest absolute Gasteiger partial charge is 0.262 e. The number of nitrogens with two attached hydrogens (primary N) is 1. The molecule has 0 aliphatic carbocycles. The molecule has 0 fully saturated rings. The Morgan fingerprint density at radius 1 is 1.43 bits per heavy atom. The second-order valence-electron chi connectivity index (χ2n) is 7.35. The SMILES string of the molecule is CC(C)(C)[Si](C)(C)O[C@@H](CN)c1cc(O)cc2c1OCC(=O)N2. The van der Waals surface area contributed by atoms with Gasteiger partial charge in [0.25, 0.3) is 5.91 Å². The number of phenols is 1. The quantitative estimate of drug-likeness (QED) is 0.734. The first-order chi connectivity index (χ1) is 10.5. The molecule has 23 heavy (non-hydrogen) atoms. The summed E-state index contributed by atoms with van der Waals surface area (Å²) < 4.78 is 12.0. The lowest BCUT2D eigenvalue weighted by molar-refractivity contribution is -0.118. The van der Waals surface area contributed by atoms with Crippen molar-refractivity contribution in [2.24, 2.45) is 5.73 Å². The predicted octanol–water partition coefficient (Wildman–Crippen LogP) is 2.74. The Morgan fingerprint density at radius 3 is 2.65 bits per heavy atom. The summed E-state index contributed by atoms with van der Waals surface area (Å²) in [4.78, 5) is 11.5. The standard InChI is InChI=1S/C16H26N2O4Si/c1-16(2,3)23(4,5)22-13(8-17)11-6-10(19)7-12-15(11)21-9-14(20)18-12/h6-7,13,19H,8-9,17H2,1-5H3,(H,18,20)/t13-/m0/s1. The molecule has 0 saturated heterocycles. The second-order valence-corrected chi connectivity index (χ2v) is 12.1. The van der Waals surface area contributed by atoms with Crippen LogP contribution in [0.5, 0.6) is 11.5 Å². The molecule has 1 aromatic carbocycles. The van der Waals surface area contributed by atoms with E-state index in [1.54, 1.807) is 6.07 Å². The molecule has 6 nitrogen and oxygen atoms in total. The normalized spacial score (nSPS) is 16.3. The highest BCUT2D eigenvalue weighted by atomic mass is 28.4. The van der Waals surface area contributed by atoms with Crippen molar-refractivity contribution in [2.75, 3.05) is 18.5 Å². The molecule has 7 heteroatoms. The van der Waals surface area contributed by atoms with Crippen molar-refractivity contribution >= 4 is 19.9 Å². The van der Waals surface area contributed by atoms with Crippen LogP contribution in [0.1, 0.15) is 32.4 Å². The van der Waals surface area contributed by atoms with Crippen molar-refractivity contribution in [3.8, 4) is 11.5 Å². The number of nitrogens with one attached hydrogen (secondary N) is 1. The van der Waals surface area contributed by atoms with Gasteiger partial charge in [-0.3, -0.25) is 4.79 Å². The zero-order valence-corrected chi connectivity index (χ0v) is 15.4. The van der Waals surface area contributed by atoms with Crippen LogP contribution >= 0.6 is 0 Å². The third kappa shape index (κ3) is 3.68. The van der Waals surface area contributed by atoms with Gasteiger partial charge in [0, 0.05) is 18.2 Å². The predicted molar refractivity (Wildman–Crippen MR) is 92.3 cm³/mol. The largest absolute Gasteiger partial charge is 0.508 e. The zero-order valence-electron chi connectivity index (χ0n) is 14.4. The minimum atomic E-state index is -2.05. The number of carbonyl (C=O) groups excluding carboxylic acids is 1. The maximum atomic E-state index is 11.5. The maximum Gasteiger partial charge on any atom is 0.262 e. The van der Waals surface area contributed by atoms with E-state index >= 15 is 0 Å². The van der Waals surface area contributed by atoms with Gasteiger partial charge in [-0.15, -0.1) is 0 Å². The number of fused-ring (bicyclic) bond motifs is 1. The summed E-state index contributed by atoms with van der Waals surface area (Å²) >= 11 is 0. The number of rotatable bonds is 4. The topological polar surface area (TPSA) is 93.8 Å². The molecule has 1 aliphatic rings. The van der Waals surface area contributed by atoms with Gasteiger partial charge < -0.3 is 25.3 Å². The number of anilines is 1. The first kappa shape index (κ1) is 17.8. The van der Waals surface area contributed by atoms with E-state index in [0.29, 0.717) is 17.0 Å². The average molecular weight is 338 g/mol. The van der Waals surface area contributed by atoms with Gasteiger partial charge in [-0.05, 0) is 24.2 Å². The van der Waals surface area contributed by atoms with Crippen molar-refractivity contribution in [3.05, 3.63) is 17.7 Å². The number of hydrogen-bond acceptors (Lipinski definition) is 5. The van der Waals surface area contributed by atoms with Crippen LogP contribution in [0.2, 0.25) is 18.1 Å². The third-order valence-corrected chi connectivity index (χ3v) is 9.01. The Kier molecular flexibility index (Phi) is 4.75. The van der Waals surface area contributed by atoms with E-state index in [1.807, 2.05) is 0 Å². The van der Waals surface area contributed by atoms with Crippen molar-refractivity contribution in [2.45, 2.75) is 45.0 Å². The first-order valence-corrected chi connectivity index (χ1v) is 10.6. The van der Waals surface area contributed by atoms with Crippen LogP contribution in [0, 0.1) is 0 Å². The van der Waals surface area contributed by atoms with E-state index in [0.717, 1.165) is 0 Å². The van der Waals surface area contributed by atoms with Gasteiger partial charge in [0.05, 0.1) is 11.8 Å². The molecular formula is C16H26N2O4Si. The molecule has 0 radical (unpaired) electrons. The van der Waals surface area contributed by atoms with Crippen LogP contribution in [0.3, 0.4) is 0 Å². The molecule has 0 unspecified atom stereocenters. The molecule has 2 rings (SSSR count). The fourth-order valence-corrected chi connectivity index (χ4v) is 3.51. The number of benzene rings is 1. The summed E-state index contributed by atoms with van der Waals surface area (Å²) in [5, 5.41) is 12.7. The summed E-state index contributed by atoms with van der Waals surface area (Å²) in [5.41, 5.74) is 7.06. The summed E-state index contributed by atoms with van der Waals surface area (Å²) in [7, 11) is -2.05. The summed E-state index contributed by atoms with van der Waals surface area (Å²) in [6.07, 6.45) is -0.397. The van der Waals surface area contributed by atoms with Crippen molar-refractivity contribution < 1.29 is 19.1 Å². The average Bonchev–Trinajstić information content (AvgIpc) is 2.42. The lowest BCUT2D eigenvalue weighted by Gasteiger charge is -2.39. The number of amides is 1. The summed E-state index contributed by atoms with van der Waals surface area (Å²) in [6, 6.07) is 3.07. The molecule has 1 atom stereocenters. The molecule has 0 aromatic heterocycles. The lowest BCUT2D eigenvalue weighted by atomic mass is 10.1. The van der Waals surface area contributed by atoms with Gasteiger partial charge in [0.1, 0.15) is 11.5 Å². The van der Waals surface area contributed by atoms with E-state index < -0.39 is 14.4 Å². The highest BCUT2D eigenvalue weighted by Gasteiger charge is 2.40. The molecule has 128 valence electrons. The van der Waals surface area contributed by atoms with E-state index in [1.165, 1.54) is 6.07 Å². The van der Waals surface area contributed by atoms with Gasteiger partial charge in [0.2, 0.25) is 0 Å². The molecule has 1 aromatic rings. The molecule has 1 heterocycles. The Balaban J connectivity index is 2.41. The highest BCUT2D eigenvalue weighted by molar-refractivity contribution is 6.74. The Labute approximate surface area is 138 Å². The molecule has 1 aliphatic heterocycles. The van der Waals surface area contributed by atoms with E-state index in [-0.39, 0.29) is 29.8 Å². The van der Waals surface area contributed by atoms with Crippen LogP contribution < -0.4 is 15.8 Å². The number of phenolic OH excluding ortho intramolecular Hbond substituents is 1. The van der Waals surface area contributed by atoms with Gasteiger partial charge in [-0.25, -0.2) is 0 Å². The van der Waals surface area contributed by atoms with Gasteiger partial charge >= 0.3 is 0 Å². The summed E-state index contributed by atoms with van der Waals surface area (Å²) in [6.45, 7) is 11.0. The fraction of sp³-hybridized carbons (Fsp3) is 0.562. The molecule has 0 spiro atoms. The van der Waals surface area contributed by atoms with Gasteiger partial charge in [0.15, 0.2) is 14.9 Å². The second kappa shape index (κ2) is 6.14. The third-order valence-electron chi connectivity index (χ3n) is 4.53. The van der Waals surface area contributed by atoms with Crippen LogP contribution in [0.25, 0.3) is 0 Å². The van der Waals surface area contributed by atoms with Crippen LogP contribution in [0.15, 0.2) is 12.1 Å². The van der Waals surface area contributed by atoms with Crippen molar-refractivity contribution in [1.29, 1.82) is 0 Å². The monoisotopic (exact) mass is 338 g/mol. The fourth-order valence-electron chi connectivity index (χ4n) is 2.22. The Hall–Kier alpha value is -1.57.